The Hall–Kier alpha value is -4.02. The number of carbonyl (C=O) groups excluding carboxylic acids is 2. The number of carbonyl (C=O) groups is 2. The summed E-state index contributed by atoms with van der Waals surface area (Å²) >= 11 is 2.60. The molecule has 32 heavy (non-hydrogen) atoms. The third-order valence-electron chi connectivity index (χ3n) is 4.70. The molecule has 4 aromatic rings. The van der Waals surface area contributed by atoms with Crippen LogP contribution in [-0.4, -0.2) is 11.8 Å². The number of nitrogens with two attached hydrogens (primary N) is 2. The molecule has 2 amide bonds. The maximum atomic E-state index is 12.6. The van der Waals surface area contributed by atoms with Crippen LogP contribution in [0.2, 0.25) is 0 Å². The SMILES string of the molecule is Nc1ccc(NC(=O)c2ccc3c(c2)Nc2ccc(C(=O)Nc4ccc(N)s4)cc2O3)s1. The van der Waals surface area contributed by atoms with Gasteiger partial charge in [0.1, 0.15) is 0 Å². The molecule has 7 N–H and O–H groups in total. The van der Waals surface area contributed by atoms with Gasteiger partial charge in [-0.3, -0.25) is 9.59 Å². The van der Waals surface area contributed by atoms with Crippen molar-refractivity contribution in [3.63, 3.8) is 0 Å². The van der Waals surface area contributed by atoms with E-state index in [1.54, 1.807) is 60.7 Å². The number of thiophene rings is 2. The Bertz CT molecular complexity index is 1260. The van der Waals surface area contributed by atoms with Crippen LogP contribution in [0.15, 0.2) is 60.7 Å². The molecule has 0 radical (unpaired) electrons. The monoisotopic (exact) mass is 463 g/mol. The number of nitrogen functional groups attached to an aromatic ring is 2. The number of nitrogens with one attached hydrogen (secondary N) is 3. The van der Waals surface area contributed by atoms with Crippen molar-refractivity contribution in [2.24, 2.45) is 0 Å². The van der Waals surface area contributed by atoms with Crippen LogP contribution in [0.25, 0.3) is 0 Å². The van der Waals surface area contributed by atoms with Crippen molar-refractivity contribution in [2.45, 2.75) is 0 Å². The van der Waals surface area contributed by atoms with Gasteiger partial charge in [0.2, 0.25) is 0 Å². The zero-order valence-electron chi connectivity index (χ0n) is 16.5. The zero-order valence-corrected chi connectivity index (χ0v) is 18.1. The number of benzene rings is 2. The number of rotatable bonds is 4. The van der Waals surface area contributed by atoms with Gasteiger partial charge in [0, 0.05) is 11.1 Å². The molecule has 0 fully saturated rings. The van der Waals surface area contributed by atoms with Crippen LogP contribution in [0.3, 0.4) is 0 Å². The first-order valence-corrected chi connectivity index (χ1v) is 11.1. The van der Waals surface area contributed by atoms with Gasteiger partial charge in [0.15, 0.2) is 11.5 Å². The highest BCUT2D eigenvalue weighted by molar-refractivity contribution is 7.20. The fraction of sp³-hybridized carbons (Fsp3) is 0. The van der Waals surface area contributed by atoms with E-state index < -0.39 is 0 Å². The van der Waals surface area contributed by atoms with Crippen molar-refractivity contribution in [1.29, 1.82) is 0 Å². The summed E-state index contributed by atoms with van der Waals surface area (Å²) in [6.07, 6.45) is 0. The largest absolute Gasteiger partial charge is 0.453 e. The Morgan fingerprint density at radius 2 is 1.31 bits per heavy atom. The molecule has 0 saturated carbocycles. The topological polar surface area (TPSA) is 132 Å². The van der Waals surface area contributed by atoms with Crippen molar-refractivity contribution in [3.8, 4) is 11.5 Å². The second-order valence-corrected chi connectivity index (χ2v) is 9.19. The van der Waals surface area contributed by atoms with Crippen LogP contribution in [0.5, 0.6) is 11.5 Å². The summed E-state index contributed by atoms with van der Waals surface area (Å²) < 4.78 is 5.97. The van der Waals surface area contributed by atoms with Gasteiger partial charge in [-0.05, 0) is 60.7 Å². The van der Waals surface area contributed by atoms with Crippen molar-refractivity contribution >= 4 is 65.9 Å². The summed E-state index contributed by atoms with van der Waals surface area (Å²) in [4.78, 5) is 25.1. The molecule has 10 heteroatoms. The Balaban J connectivity index is 1.32. The Labute approximate surface area is 190 Å². The summed E-state index contributed by atoms with van der Waals surface area (Å²) in [7, 11) is 0. The third kappa shape index (κ3) is 3.96. The number of ether oxygens (including phenoxy) is 1. The van der Waals surface area contributed by atoms with E-state index in [1.807, 2.05) is 0 Å². The van der Waals surface area contributed by atoms with Gasteiger partial charge in [0.05, 0.1) is 31.4 Å². The maximum Gasteiger partial charge on any atom is 0.256 e. The fourth-order valence-corrected chi connectivity index (χ4v) is 4.52. The molecule has 0 atom stereocenters. The highest BCUT2D eigenvalue weighted by Gasteiger charge is 2.20. The van der Waals surface area contributed by atoms with E-state index in [9.17, 15) is 9.59 Å². The van der Waals surface area contributed by atoms with Crippen LogP contribution < -0.4 is 32.2 Å². The Morgan fingerprint density at radius 3 is 1.91 bits per heavy atom. The quantitative estimate of drug-likeness (QED) is 0.245. The lowest BCUT2D eigenvalue weighted by molar-refractivity contribution is 0.101. The molecule has 160 valence electrons. The lowest BCUT2D eigenvalue weighted by Crippen LogP contribution is -2.13. The first kappa shape index (κ1) is 19.9. The summed E-state index contributed by atoms with van der Waals surface area (Å²) in [6.45, 7) is 0. The molecule has 1 aliphatic rings. The van der Waals surface area contributed by atoms with Crippen LogP contribution in [-0.2, 0) is 0 Å². The minimum absolute atomic E-state index is 0.247. The van der Waals surface area contributed by atoms with Gasteiger partial charge in [-0.2, -0.15) is 0 Å². The van der Waals surface area contributed by atoms with E-state index in [0.29, 0.717) is 54.0 Å². The van der Waals surface area contributed by atoms with Crippen molar-refractivity contribution in [3.05, 3.63) is 71.8 Å². The number of anilines is 6. The highest BCUT2D eigenvalue weighted by atomic mass is 32.1. The lowest BCUT2D eigenvalue weighted by Gasteiger charge is -2.22. The molecule has 5 rings (SSSR count). The van der Waals surface area contributed by atoms with E-state index in [4.69, 9.17) is 16.2 Å². The molecular weight excluding hydrogens is 446 g/mol. The van der Waals surface area contributed by atoms with Crippen LogP contribution in [0, 0.1) is 0 Å². The lowest BCUT2D eigenvalue weighted by atomic mass is 10.1. The molecule has 2 aromatic carbocycles. The first-order valence-electron chi connectivity index (χ1n) is 9.51. The second-order valence-electron chi connectivity index (χ2n) is 6.96. The number of fused-ring (bicyclic) bond motifs is 2. The summed E-state index contributed by atoms with van der Waals surface area (Å²) in [5.74, 6) is 0.564. The average molecular weight is 464 g/mol. The van der Waals surface area contributed by atoms with Gasteiger partial charge >= 0.3 is 0 Å². The smallest absolute Gasteiger partial charge is 0.256 e. The van der Waals surface area contributed by atoms with E-state index in [0.717, 1.165) is 0 Å². The average Bonchev–Trinajstić information content (AvgIpc) is 3.38. The molecule has 0 saturated heterocycles. The van der Waals surface area contributed by atoms with Gasteiger partial charge in [0.25, 0.3) is 11.8 Å². The third-order valence-corrected chi connectivity index (χ3v) is 6.36. The highest BCUT2D eigenvalue weighted by Crippen LogP contribution is 2.42. The van der Waals surface area contributed by atoms with E-state index in [1.165, 1.54) is 22.7 Å². The summed E-state index contributed by atoms with van der Waals surface area (Å²) in [5.41, 5.74) is 13.7. The second kappa shape index (κ2) is 7.91. The summed E-state index contributed by atoms with van der Waals surface area (Å²) in [5, 5.41) is 11.5. The maximum absolute atomic E-state index is 12.6. The molecule has 0 bridgehead atoms. The zero-order chi connectivity index (χ0) is 22.2. The van der Waals surface area contributed by atoms with E-state index in [-0.39, 0.29) is 11.8 Å². The van der Waals surface area contributed by atoms with E-state index in [2.05, 4.69) is 16.0 Å². The molecular formula is C22H17N5O3S2. The molecule has 0 unspecified atom stereocenters. The standard InChI is InChI=1S/C22H17N5O3S2/c23-17-5-7-19(31-17)26-21(28)11-2-4-15-14(9-11)25-13-3-1-12(10-16(13)30-15)22(29)27-20-8-6-18(24)32-20/h1-10,25H,23-24H2,(H,26,28)(H,27,29). The van der Waals surface area contributed by atoms with Crippen molar-refractivity contribution in [2.75, 3.05) is 27.4 Å². The van der Waals surface area contributed by atoms with Gasteiger partial charge in [-0.25, -0.2) is 0 Å². The number of hydrogen-bond donors (Lipinski definition) is 5. The van der Waals surface area contributed by atoms with Crippen molar-refractivity contribution < 1.29 is 14.3 Å². The molecule has 2 aromatic heterocycles. The van der Waals surface area contributed by atoms with Crippen LogP contribution in [0.1, 0.15) is 20.7 Å². The van der Waals surface area contributed by atoms with Crippen molar-refractivity contribution in [1.82, 2.24) is 0 Å². The van der Waals surface area contributed by atoms with Crippen LogP contribution in [0.4, 0.5) is 31.4 Å². The van der Waals surface area contributed by atoms with Gasteiger partial charge in [-0.1, -0.05) is 0 Å². The molecule has 3 heterocycles. The predicted octanol–water partition coefficient (Wildman–Crippen LogP) is 5.33. The number of hydrogen-bond acceptors (Lipinski definition) is 8. The molecule has 0 spiro atoms. The minimum Gasteiger partial charge on any atom is -0.453 e. The molecule has 8 nitrogen and oxygen atoms in total. The van der Waals surface area contributed by atoms with Gasteiger partial charge in [-0.15, -0.1) is 22.7 Å². The normalized spacial score (nSPS) is 11.5. The fourth-order valence-electron chi connectivity index (χ4n) is 3.18. The Morgan fingerprint density at radius 1 is 0.719 bits per heavy atom. The summed E-state index contributed by atoms with van der Waals surface area (Å²) in [6, 6.07) is 17.2. The minimum atomic E-state index is -0.259. The van der Waals surface area contributed by atoms with Crippen LogP contribution >= 0.6 is 22.7 Å². The molecule has 0 aliphatic carbocycles. The predicted molar refractivity (Wildman–Crippen MR) is 130 cm³/mol. The van der Waals surface area contributed by atoms with Gasteiger partial charge < -0.3 is 32.2 Å². The first-order chi connectivity index (χ1) is 15.4. The Kier molecular flexibility index (Phi) is 4.92. The van der Waals surface area contributed by atoms with E-state index >= 15 is 0 Å². The number of amides is 2. The molecule has 1 aliphatic heterocycles.